The maximum absolute atomic E-state index is 13.1. The van der Waals surface area contributed by atoms with Gasteiger partial charge in [0.25, 0.3) is 5.91 Å². The highest BCUT2D eigenvalue weighted by Gasteiger charge is 2.24. The maximum atomic E-state index is 13.1. The van der Waals surface area contributed by atoms with E-state index in [1.807, 2.05) is 41.3 Å². The Bertz CT molecular complexity index is 798. The molecular weight excluding hydrogens is 372 g/mol. The highest BCUT2D eigenvalue weighted by molar-refractivity contribution is 7.99. The molecule has 148 valence electrons. The van der Waals surface area contributed by atoms with Crippen LogP contribution in [-0.4, -0.2) is 60.6 Å². The van der Waals surface area contributed by atoms with Gasteiger partial charge in [-0.05, 0) is 49.2 Å². The molecule has 2 fully saturated rings. The van der Waals surface area contributed by atoms with Crippen LogP contribution in [0.25, 0.3) is 0 Å². The Balaban J connectivity index is 1.37. The number of rotatable bonds is 5. The van der Waals surface area contributed by atoms with Crippen molar-refractivity contribution in [3.05, 3.63) is 54.1 Å². The van der Waals surface area contributed by atoms with E-state index >= 15 is 0 Å². The van der Waals surface area contributed by atoms with Crippen LogP contribution in [0.15, 0.2) is 53.4 Å². The Morgan fingerprint density at radius 2 is 1.82 bits per heavy atom. The van der Waals surface area contributed by atoms with Gasteiger partial charge in [0, 0.05) is 49.1 Å². The topological polar surface area (TPSA) is 53.0 Å². The quantitative estimate of drug-likeness (QED) is 0.780. The van der Waals surface area contributed by atoms with Crippen LogP contribution in [0, 0.1) is 0 Å². The average Bonchev–Trinajstić information content (AvgIpc) is 3.26. The molecule has 5 nitrogen and oxygen atoms in total. The number of benzene rings is 2. The molecule has 2 aromatic carbocycles. The number of phenols is 1. The zero-order chi connectivity index (χ0) is 19.3. The Morgan fingerprint density at radius 3 is 2.54 bits per heavy atom. The van der Waals surface area contributed by atoms with Crippen molar-refractivity contribution in [1.29, 1.82) is 0 Å². The van der Waals surface area contributed by atoms with Gasteiger partial charge in [-0.3, -0.25) is 4.79 Å². The summed E-state index contributed by atoms with van der Waals surface area (Å²) in [6.07, 6.45) is 2.56. The first-order valence-corrected chi connectivity index (χ1v) is 10.9. The smallest absolute Gasteiger partial charge is 0.255 e. The van der Waals surface area contributed by atoms with Crippen LogP contribution in [0.5, 0.6) is 5.75 Å². The summed E-state index contributed by atoms with van der Waals surface area (Å²) in [7, 11) is 0. The van der Waals surface area contributed by atoms with E-state index in [1.54, 1.807) is 23.9 Å². The molecule has 2 saturated heterocycles. The van der Waals surface area contributed by atoms with E-state index in [4.69, 9.17) is 4.74 Å². The third-order valence-corrected chi connectivity index (χ3v) is 6.55. The van der Waals surface area contributed by atoms with Crippen molar-refractivity contribution < 1.29 is 14.6 Å². The van der Waals surface area contributed by atoms with Crippen molar-refractivity contribution in [2.24, 2.45) is 0 Å². The van der Waals surface area contributed by atoms with E-state index in [1.165, 1.54) is 0 Å². The number of carbonyl (C=O) groups excluding carboxylic acids is 1. The first kappa shape index (κ1) is 19.2. The maximum Gasteiger partial charge on any atom is 0.255 e. The van der Waals surface area contributed by atoms with Gasteiger partial charge in [-0.1, -0.05) is 12.1 Å². The third-order valence-electron chi connectivity index (χ3n) is 5.35. The molecule has 0 unspecified atom stereocenters. The molecule has 2 aliphatic rings. The molecule has 0 aliphatic carbocycles. The lowest BCUT2D eigenvalue weighted by molar-refractivity contribution is 0.0743. The molecule has 1 atom stereocenters. The van der Waals surface area contributed by atoms with Gasteiger partial charge in [0.2, 0.25) is 0 Å². The lowest BCUT2D eigenvalue weighted by atomic mass is 10.1. The lowest BCUT2D eigenvalue weighted by Crippen LogP contribution is -2.48. The minimum Gasteiger partial charge on any atom is -0.508 e. The summed E-state index contributed by atoms with van der Waals surface area (Å²) in [4.78, 5) is 18.4. The second-order valence-corrected chi connectivity index (χ2v) is 8.30. The molecule has 0 aromatic heterocycles. The number of piperazine rings is 1. The summed E-state index contributed by atoms with van der Waals surface area (Å²) in [5, 5.41) is 9.45. The number of thioether (sulfide) groups is 1. The molecule has 2 aromatic rings. The highest BCUT2D eigenvalue weighted by atomic mass is 32.2. The minimum atomic E-state index is 0.112. The van der Waals surface area contributed by atoms with Crippen LogP contribution in [0.1, 0.15) is 23.2 Å². The number of hydrogen-bond acceptors (Lipinski definition) is 5. The zero-order valence-electron chi connectivity index (χ0n) is 15.9. The van der Waals surface area contributed by atoms with Crippen LogP contribution in [0.3, 0.4) is 0 Å². The largest absolute Gasteiger partial charge is 0.508 e. The highest BCUT2D eigenvalue weighted by Crippen LogP contribution is 2.28. The third kappa shape index (κ3) is 4.45. The van der Waals surface area contributed by atoms with Gasteiger partial charge in [0.15, 0.2) is 0 Å². The van der Waals surface area contributed by atoms with Gasteiger partial charge >= 0.3 is 0 Å². The number of nitrogens with zero attached hydrogens (tertiary/aromatic N) is 2. The van der Waals surface area contributed by atoms with Gasteiger partial charge in [-0.25, -0.2) is 0 Å². The lowest BCUT2D eigenvalue weighted by Gasteiger charge is -2.36. The van der Waals surface area contributed by atoms with E-state index in [2.05, 4.69) is 4.90 Å². The summed E-state index contributed by atoms with van der Waals surface area (Å²) in [6, 6.07) is 15.2. The van der Waals surface area contributed by atoms with Crippen molar-refractivity contribution >= 4 is 23.4 Å². The number of phenolic OH excluding ortho intramolecular Hbond substituents is 1. The van der Waals surface area contributed by atoms with Crippen molar-refractivity contribution in [3.63, 3.8) is 0 Å². The molecule has 2 aliphatic heterocycles. The summed E-state index contributed by atoms with van der Waals surface area (Å²) < 4.78 is 5.72. The molecule has 0 radical (unpaired) electrons. The first-order chi connectivity index (χ1) is 13.7. The number of aromatic hydroxyl groups is 1. The molecule has 1 amide bonds. The zero-order valence-corrected chi connectivity index (χ0v) is 16.7. The fourth-order valence-corrected chi connectivity index (χ4v) is 4.84. The van der Waals surface area contributed by atoms with Crippen LogP contribution >= 0.6 is 11.8 Å². The fourth-order valence-electron chi connectivity index (χ4n) is 3.73. The van der Waals surface area contributed by atoms with Gasteiger partial charge < -0.3 is 19.6 Å². The van der Waals surface area contributed by atoms with E-state index in [-0.39, 0.29) is 11.7 Å². The molecule has 6 heteroatoms. The van der Waals surface area contributed by atoms with Gasteiger partial charge in [0.1, 0.15) is 5.75 Å². The molecule has 0 bridgehead atoms. The number of carbonyl (C=O) groups is 1. The Labute approximate surface area is 170 Å². The predicted octanol–water partition coefficient (Wildman–Crippen LogP) is 3.63. The normalized spacial score (nSPS) is 19.8. The van der Waals surface area contributed by atoms with Crippen LogP contribution in [0.2, 0.25) is 0 Å². The summed E-state index contributed by atoms with van der Waals surface area (Å²) in [5.41, 5.74) is 1.88. The van der Waals surface area contributed by atoms with Crippen LogP contribution in [-0.2, 0) is 4.74 Å². The van der Waals surface area contributed by atoms with Crippen molar-refractivity contribution in [3.8, 4) is 5.75 Å². The predicted molar refractivity (Wildman–Crippen MR) is 112 cm³/mol. The fraction of sp³-hybridized carbons (Fsp3) is 0.409. The molecule has 0 saturated carbocycles. The van der Waals surface area contributed by atoms with E-state index < -0.39 is 0 Å². The molecule has 2 heterocycles. The van der Waals surface area contributed by atoms with E-state index in [0.717, 1.165) is 54.4 Å². The number of hydrogen-bond donors (Lipinski definition) is 1. The SMILES string of the molecule is O=C(c1ccccc1SC[C@H]1CCCO1)N1CCN(c2ccc(O)cc2)CC1. The summed E-state index contributed by atoms with van der Waals surface area (Å²) in [5.74, 6) is 1.29. The Kier molecular flexibility index (Phi) is 6.07. The monoisotopic (exact) mass is 398 g/mol. The first-order valence-electron chi connectivity index (χ1n) is 9.87. The minimum absolute atomic E-state index is 0.112. The second-order valence-electron chi connectivity index (χ2n) is 7.24. The molecule has 1 N–H and O–H groups in total. The van der Waals surface area contributed by atoms with Crippen molar-refractivity contribution in [2.45, 2.75) is 23.8 Å². The van der Waals surface area contributed by atoms with Gasteiger partial charge in [0.05, 0.1) is 11.7 Å². The standard InChI is InChI=1S/C22H26N2O3S/c25-18-9-7-17(8-10-18)23-11-13-24(14-12-23)22(26)20-5-1-2-6-21(20)28-16-19-4-3-15-27-19/h1-2,5-10,19,25H,3-4,11-16H2/t19-/m1/s1. The summed E-state index contributed by atoms with van der Waals surface area (Å²) >= 11 is 1.73. The summed E-state index contributed by atoms with van der Waals surface area (Å²) in [6.45, 7) is 3.84. The Hall–Kier alpha value is -2.18. The number of amides is 1. The van der Waals surface area contributed by atoms with Crippen molar-refractivity contribution in [2.75, 3.05) is 43.4 Å². The molecule has 0 spiro atoms. The average molecular weight is 399 g/mol. The van der Waals surface area contributed by atoms with Gasteiger partial charge in [-0.2, -0.15) is 0 Å². The second kappa shape index (κ2) is 8.88. The molecule has 4 rings (SSSR count). The Morgan fingerprint density at radius 1 is 1.07 bits per heavy atom. The van der Waals surface area contributed by atoms with Crippen LogP contribution < -0.4 is 4.90 Å². The van der Waals surface area contributed by atoms with E-state index in [0.29, 0.717) is 19.2 Å². The van der Waals surface area contributed by atoms with E-state index in [9.17, 15) is 9.90 Å². The van der Waals surface area contributed by atoms with Crippen molar-refractivity contribution in [1.82, 2.24) is 4.90 Å². The van der Waals surface area contributed by atoms with Crippen LogP contribution in [0.4, 0.5) is 5.69 Å². The number of ether oxygens (including phenoxy) is 1. The molecular formula is C22H26N2O3S. The number of anilines is 1. The van der Waals surface area contributed by atoms with Gasteiger partial charge in [-0.15, -0.1) is 11.8 Å². The molecule has 28 heavy (non-hydrogen) atoms.